The summed E-state index contributed by atoms with van der Waals surface area (Å²) in [5.41, 5.74) is 1.29. The van der Waals surface area contributed by atoms with Crippen LogP contribution < -0.4 is 19.7 Å². The Balaban J connectivity index is 1.73. The molecule has 2 amide bonds. The van der Waals surface area contributed by atoms with Crippen LogP contribution in [0, 0.1) is 0 Å². The third-order valence-electron chi connectivity index (χ3n) is 3.57. The molecule has 0 spiro atoms. The lowest BCUT2D eigenvalue weighted by Gasteiger charge is -2.29. The first-order valence-electron chi connectivity index (χ1n) is 7.73. The van der Waals surface area contributed by atoms with Gasteiger partial charge in [-0.15, -0.1) is 0 Å². The van der Waals surface area contributed by atoms with Gasteiger partial charge in [0, 0.05) is 0 Å². The van der Waals surface area contributed by atoms with E-state index in [1.165, 1.54) is 4.90 Å². The van der Waals surface area contributed by atoms with Crippen LogP contribution in [0.25, 0.3) is 0 Å². The largest absolute Gasteiger partial charge is 0.490 e. The maximum absolute atomic E-state index is 12.5. The zero-order valence-electron chi connectivity index (χ0n) is 13.3. The Labute approximate surface area is 140 Å². The Morgan fingerprint density at radius 3 is 2.50 bits per heavy atom. The van der Waals surface area contributed by atoms with Crippen molar-refractivity contribution in [3.8, 4) is 11.5 Å². The molecule has 0 saturated heterocycles. The number of fused-ring (bicyclic) bond motifs is 1. The minimum Gasteiger partial charge on any atom is -0.490 e. The molecule has 0 saturated carbocycles. The number of benzene rings is 2. The topological polar surface area (TPSA) is 67.9 Å². The van der Waals surface area contributed by atoms with Crippen molar-refractivity contribution in [2.24, 2.45) is 0 Å². The molecule has 1 heterocycles. The highest BCUT2D eigenvalue weighted by atomic mass is 16.5. The van der Waals surface area contributed by atoms with E-state index in [1.807, 2.05) is 31.2 Å². The van der Waals surface area contributed by atoms with Crippen molar-refractivity contribution in [2.45, 2.75) is 6.92 Å². The lowest BCUT2D eigenvalue weighted by atomic mass is 10.2. The van der Waals surface area contributed by atoms with Gasteiger partial charge >= 0.3 is 0 Å². The Bertz CT molecular complexity index is 760. The van der Waals surface area contributed by atoms with Crippen molar-refractivity contribution in [2.75, 3.05) is 30.0 Å². The minimum absolute atomic E-state index is 0.0215. The molecule has 3 rings (SSSR count). The van der Waals surface area contributed by atoms with E-state index in [-0.39, 0.29) is 25.0 Å². The molecule has 1 aliphatic rings. The summed E-state index contributed by atoms with van der Waals surface area (Å²) in [6.45, 7) is 2.19. The zero-order valence-corrected chi connectivity index (χ0v) is 13.3. The molecule has 0 radical (unpaired) electrons. The van der Waals surface area contributed by atoms with E-state index in [4.69, 9.17) is 9.47 Å². The Kier molecular flexibility index (Phi) is 4.65. The predicted octanol–water partition coefficient (Wildman–Crippen LogP) is 2.45. The summed E-state index contributed by atoms with van der Waals surface area (Å²) in [6, 6.07) is 14.4. The van der Waals surface area contributed by atoms with Crippen LogP contribution in [0.4, 0.5) is 11.4 Å². The molecular formula is C18H18N2O4. The standard InChI is InChI=1S/C18H18N2O4/c1-2-23-15-9-5-6-10-16(15)24-12-18(22)20-11-17(21)19-13-7-3-4-8-14(13)20/h3-10H,2,11-12H2,1H3,(H,19,21). The number of hydrogen-bond acceptors (Lipinski definition) is 4. The maximum atomic E-state index is 12.5. The molecular weight excluding hydrogens is 308 g/mol. The zero-order chi connectivity index (χ0) is 16.9. The molecule has 0 atom stereocenters. The molecule has 0 unspecified atom stereocenters. The van der Waals surface area contributed by atoms with Crippen LogP contribution in [-0.4, -0.2) is 31.6 Å². The average Bonchev–Trinajstić information content (AvgIpc) is 2.60. The van der Waals surface area contributed by atoms with Gasteiger partial charge in [-0.1, -0.05) is 24.3 Å². The smallest absolute Gasteiger partial charge is 0.265 e. The summed E-state index contributed by atoms with van der Waals surface area (Å²) >= 11 is 0. The van der Waals surface area contributed by atoms with Gasteiger partial charge in [-0.25, -0.2) is 0 Å². The number of anilines is 2. The monoisotopic (exact) mass is 326 g/mol. The highest BCUT2D eigenvalue weighted by Crippen LogP contribution is 2.30. The average molecular weight is 326 g/mol. The van der Waals surface area contributed by atoms with Crippen molar-refractivity contribution in [3.05, 3.63) is 48.5 Å². The summed E-state index contributed by atoms with van der Waals surface area (Å²) in [5, 5.41) is 2.75. The third kappa shape index (κ3) is 3.32. The molecule has 2 aromatic carbocycles. The number of nitrogens with one attached hydrogen (secondary N) is 1. The van der Waals surface area contributed by atoms with Gasteiger partial charge < -0.3 is 14.8 Å². The summed E-state index contributed by atoms with van der Waals surface area (Å²) < 4.78 is 11.1. The molecule has 0 bridgehead atoms. The van der Waals surface area contributed by atoms with Crippen LogP contribution in [0.5, 0.6) is 11.5 Å². The molecule has 0 aromatic heterocycles. The van der Waals surface area contributed by atoms with Gasteiger partial charge in [-0.3, -0.25) is 14.5 Å². The van der Waals surface area contributed by atoms with Crippen molar-refractivity contribution in [1.82, 2.24) is 0 Å². The molecule has 0 fully saturated rings. The highest BCUT2D eigenvalue weighted by molar-refractivity contribution is 6.10. The van der Waals surface area contributed by atoms with E-state index < -0.39 is 0 Å². The van der Waals surface area contributed by atoms with Gasteiger partial charge in [0.2, 0.25) is 5.91 Å². The van der Waals surface area contributed by atoms with Crippen LogP contribution >= 0.6 is 0 Å². The quantitative estimate of drug-likeness (QED) is 0.916. The molecule has 2 aromatic rings. The normalized spacial score (nSPS) is 13.0. The number of carbonyl (C=O) groups is 2. The first-order chi connectivity index (χ1) is 11.7. The Hall–Kier alpha value is -3.02. The summed E-state index contributed by atoms with van der Waals surface area (Å²) in [6.07, 6.45) is 0. The number of nitrogens with zero attached hydrogens (tertiary/aromatic N) is 1. The van der Waals surface area contributed by atoms with Crippen LogP contribution in [-0.2, 0) is 9.59 Å². The molecule has 0 aliphatic carbocycles. The minimum atomic E-state index is -0.288. The second kappa shape index (κ2) is 7.04. The van der Waals surface area contributed by atoms with E-state index >= 15 is 0 Å². The van der Waals surface area contributed by atoms with Crippen molar-refractivity contribution >= 4 is 23.2 Å². The van der Waals surface area contributed by atoms with Crippen molar-refractivity contribution in [3.63, 3.8) is 0 Å². The van der Waals surface area contributed by atoms with E-state index in [0.717, 1.165) is 0 Å². The first kappa shape index (κ1) is 15.9. The maximum Gasteiger partial charge on any atom is 0.265 e. The van der Waals surface area contributed by atoms with Gasteiger partial charge in [0.15, 0.2) is 18.1 Å². The Morgan fingerprint density at radius 2 is 1.75 bits per heavy atom. The van der Waals surface area contributed by atoms with Crippen molar-refractivity contribution < 1.29 is 19.1 Å². The fraction of sp³-hybridized carbons (Fsp3) is 0.222. The summed E-state index contributed by atoms with van der Waals surface area (Å²) in [7, 11) is 0. The predicted molar refractivity (Wildman–Crippen MR) is 90.5 cm³/mol. The number of para-hydroxylation sites is 4. The number of ether oxygens (including phenoxy) is 2. The lowest BCUT2D eigenvalue weighted by Crippen LogP contribution is -2.44. The number of amides is 2. The van der Waals surface area contributed by atoms with E-state index in [9.17, 15) is 9.59 Å². The number of carbonyl (C=O) groups excluding carboxylic acids is 2. The Morgan fingerprint density at radius 1 is 1.08 bits per heavy atom. The lowest BCUT2D eigenvalue weighted by molar-refractivity contribution is -0.123. The second-order valence-electron chi connectivity index (χ2n) is 5.21. The van der Waals surface area contributed by atoms with Gasteiger partial charge in [0.05, 0.1) is 18.0 Å². The van der Waals surface area contributed by atoms with Gasteiger partial charge in [0.25, 0.3) is 5.91 Å². The SMILES string of the molecule is CCOc1ccccc1OCC(=O)N1CC(=O)Nc2ccccc21. The summed E-state index contributed by atoms with van der Waals surface area (Å²) in [5.74, 6) is 0.576. The highest BCUT2D eigenvalue weighted by Gasteiger charge is 2.26. The molecule has 6 nitrogen and oxygen atoms in total. The van der Waals surface area contributed by atoms with E-state index in [2.05, 4.69) is 5.32 Å². The van der Waals surface area contributed by atoms with Gasteiger partial charge in [0.1, 0.15) is 6.54 Å². The molecule has 24 heavy (non-hydrogen) atoms. The van der Waals surface area contributed by atoms with Gasteiger partial charge in [-0.2, -0.15) is 0 Å². The fourth-order valence-corrected chi connectivity index (χ4v) is 2.52. The van der Waals surface area contributed by atoms with E-state index in [1.54, 1.807) is 24.3 Å². The van der Waals surface area contributed by atoms with E-state index in [0.29, 0.717) is 29.5 Å². The third-order valence-corrected chi connectivity index (χ3v) is 3.57. The van der Waals surface area contributed by atoms with Crippen LogP contribution in [0.15, 0.2) is 48.5 Å². The van der Waals surface area contributed by atoms with Crippen molar-refractivity contribution in [1.29, 1.82) is 0 Å². The molecule has 6 heteroatoms. The van der Waals surface area contributed by atoms with Crippen LogP contribution in [0.2, 0.25) is 0 Å². The molecule has 124 valence electrons. The number of hydrogen-bond donors (Lipinski definition) is 1. The second-order valence-corrected chi connectivity index (χ2v) is 5.21. The van der Waals surface area contributed by atoms with Gasteiger partial charge in [-0.05, 0) is 31.2 Å². The van der Waals surface area contributed by atoms with Crippen LogP contribution in [0.3, 0.4) is 0 Å². The first-order valence-corrected chi connectivity index (χ1v) is 7.73. The number of rotatable bonds is 5. The fourth-order valence-electron chi connectivity index (χ4n) is 2.52. The molecule has 1 N–H and O–H groups in total. The van der Waals surface area contributed by atoms with Crippen LogP contribution in [0.1, 0.15) is 6.92 Å². The molecule has 1 aliphatic heterocycles. The summed E-state index contributed by atoms with van der Waals surface area (Å²) in [4.78, 5) is 25.7.